The number of carbonyl (C=O) groups excluding carboxylic acids is 1. The third-order valence-electron chi connectivity index (χ3n) is 5.22. The Kier molecular flexibility index (Phi) is 7.07. The number of nitrogens with zero attached hydrogens (tertiary/aromatic N) is 2. The van der Waals surface area contributed by atoms with Crippen LogP contribution in [0.25, 0.3) is 21.8 Å². The molecule has 3 heterocycles. The molecule has 11 heteroatoms. The number of halogens is 1. The van der Waals surface area contributed by atoms with Crippen LogP contribution in [0.5, 0.6) is 0 Å². The zero-order valence-electron chi connectivity index (χ0n) is 16.2. The number of amides is 1. The molecule has 31 heavy (non-hydrogen) atoms. The van der Waals surface area contributed by atoms with Crippen molar-refractivity contribution in [1.29, 1.82) is 0 Å². The van der Waals surface area contributed by atoms with Crippen LogP contribution >= 0.6 is 23.7 Å². The molecule has 0 radical (unpaired) electrons. The van der Waals surface area contributed by atoms with Crippen LogP contribution in [0.1, 0.15) is 12.8 Å². The van der Waals surface area contributed by atoms with Crippen molar-refractivity contribution in [2.24, 2.45) is 0 Å². The lowest BCUT2D eigenvalue weighted by molar-refractivity contribution is -0.134. The van der Waals surface area contributed by atoms with E-state index in [1.54, 1.807) is 35.9 Å². The summed E-state index contributed by atoms with van der Waals surface area (Å²) < 4.78 is 30.0. The summed E-state index contributed by atoms with van der Waals surface area (Å²) in [4.78, 5) is 22.2. The molecule has 1 fully saturated rings. The number of rotatable bonds is 5. The lowest BCUT2D eigenvalue weighted by Crippen LogP contribution is -2.54. The van der Waals surface area contributed by atoms with Crippen LogP contribution in [0.4, 0.5) is 0 Å². The molecule has 8 nitrogen and oxygen atoms in total. The van der Waals surface area contributed by atoms with Crippen LogP contribution in [0.3, 0.4) is 0 Å². The molecule has 3 aromatic rings. The van der Waals surface area contributed by atoms with Gasteiger partial charge in [-0.25, -0.2) is 13.9 Å². The Morgan fingerprint density at radius 3 is 2.26 bits per heavy atom. The van der Waals surface area contributed by atoms with E-state index in [-0.39, 0.29) is 43.4 Å². The van der Waals surface area contributed by atoms with E-state index in [1.807, 2.05) is 17.5 Å². The summed E-state index contributed by atoms with van der Waals surface area (Å²) in [6, 6.07) is 10.1. The summed E-state index contributed by atoms with van der Waals surface area (Å²) >= 11 is 1.57. The molecule has 0 bridgehead atoms. The first-order valence-corrected chi connectivity index (χ1v) is 11.6. The molecule has 0 saturated carbocycles. The molecular formula is C20H20ClN3O5S2. The fraction of sp³-hybridized carbons (Fsp3) is 0.250. The van der Waals surface area contributed by atoms with Gasteiger partial charge in [-0.15, -0.1) is 23.7 Å². The monoisotopic (exact) mass is 481 g/mol. The van der Waals surface area contributed by atoms with Crippen molar-refractivity contribution >= 4 is 39.5 Å². The quantitative estimate of drug-likeness (QED) is 0.424. The van der Waals surface area contributed by atoms with Gasteiger partial charge < -0.3 is 4.74 Å². The number of hydrogen-bond donors (Lipinski definition) is 2. The molecule has 0 spiro atoms. The zero-order valence-corrected chi connectivity index (χ0v) is 18.7. The smallest absolute Gasteiger partial charge is 0.265 e. The SMILES string of the molecule is Cl.O=C(NO)C1(S(=O)(=O)c2ccc(-c3cnc(-c4cccs4)cn3)cc2)CCOCC1. The lowest BCUT2D eigenvalue weighted by Gasteiger charge is -2.34. The van der Waals surface area contributed by atoms with Gasteiger partial charge in [0, 0.05) is 18.8 Å². The van der Waals surface area contributed by atoms with E-state index >= 15 is 0 Å². The van der Waals surface area contributed by atoms with Crippen molar-refractivity contribution in [2.75, 3.05) is 13.2 Å². The molecule has 4 rings (SSSR count). The highest BCUT2D eigenvalue weighted by Gasteiger charge is 2.52. The van der Waals surface area contributed by atoms with Gasteiger partial charge in [-0.2, -0.15) is 0 Å². The second kappa shape index (κ2) is 9.41. The van der Waals surface area contributed by atoms with Crippen LogP contribution in [0.2, 0.25) is 0 Å². The minimum absolute atomic E-state index is 0. The Hall–Kier alpha value is -2.37. The number of ether oxygens (including phenoxy) is 1. The molecule has 1 amide bonds. The van der Waals surface area contributed by atoms with E-state index in [2.05, 4.69) is 9.97 Å². The van der Waals surface area contributed by atoms with E-state index in [0.29, 0.717) is 11.3 Å². The Morgan fingerprint density at radius 1 is 1.06 bits per heavy atom. The van der Waals surface area contributed by atoms with Gasteiger partial charge in [-0.1, -0.05) is 18.2 Å². The van der Waals surface area contributed by atoms with Crippen molar-refractivity contribution in [2.45, 2.75) is 22.5 Å². The fourth-order valence-corrected chi connectivity index (χ4v) is 6.11. The summed E-state index contributed by atoms with van der Waals surface area (Å²) in [7, 11) is -4.06. The van der Waals surface area contributed by atoms with E-state index in [9.17, 15) is 13.2 Å². The Balaban J connectivity index is 0.00000272. The van der Waals surface area contributed by atoms with E-state index in [1.165, 1.54) is 17.6 Å². The fourth-order valence-electron chi connectivity index (χ4n) is 3.48. The number of hydrogen-bond acceptors (Lipinski definition) is 8. The molecule has 0 atom stereocenters. The standard InChI is InChI=1S/C20H19N3O5S2.ClH/c24-19(23-25)20(7-9-28-10-8-20)30(26,27)15-5-3-14(4-6-15)16-12-22-17(13-21-16)18-2-1-11-29-18;/h1-6,11-13,25H,7-10H2,(H,23,24);1H. The minimum Gasteiger partial charge on any atom is -0.381 e. The summed E-state index contributed by atoms with van der Waals surface area (Å²) in [6.07, 6.45) is 3.25. The maximum atomic E-state index is 13.3. The highest BCUT2D eigenvalue weighted by molar-refractivity contribution is 7.93. The second-order valence-electron chi connectivity index (χ2n) is 6.84. The molecule has 1 aliphatic rings. The van der Waals surface area contributed by atoms with E-state index in [4.69, 9.17) is 9.94 Å². The molecule has 1 saturated heterocycles. The third-order valence-corrected chi connectivity index (χ3v) is 8.62. The number of aromatic nitrogens is 2. The Morgan fingerprint density at radius 2 is 1.71 bits per heavy atom. The Bertz CT molecular complexity index is 1130. The largest absolute Gasteiger partial charge is 0.381 e. The summed E-state index contributed by atoms with van der Waals surface area (Å²) in [6.45, 7) is 0.244. The highest BCUT2D eigenvalue weighted by Crippen LogP contribution is 2.36. The predicted molar refractivity (Wildman–Crippen MR) is 118 cm³/mol. The van der Waals surface area contributed by atoms with Crippen LogP contribution in [0.15, 0.2) is 59.1 Å². The van der Waals surface area contributed by atoms with Gasteiger partial charge in [0.2, 0.25) is 0 Å². The van der Waals surface area contributed by atoms with Crippen molar-refractivity contribution in [3.63, 3.8) is 0 Å². The maximum Gasteiger partial charge on any atom is 0.265 e. The van der Waals surface area contributed by atoms with Crippen molar-refractivity contribution < 1.29 is 23.2 Å². The summed E-state index contributed by atoms with van der Waals surface area (Å²) in [5, 5.41) is 11.1. The minimum atomic E-state index is -4.06. The first kappa shape index (κ1) is 23.3. The number of benzene rings is 1. The van der Waals surface area contributed by atoms with Gasteiger partial charge in [0.25, 0.3) is 5.91 Å². The van der Waals surface area contributed by atoms with Crippen molar-refractivity contribution in [3.8, 4) is 21.8 Å². The van der Waals surface area contributed by atoms with Gasteiger partial charge in [-0.05, 0) is 36.4 Å². The molecule has 1 aliphatic heterocycles. The number of thiophene rings is 1. The lowest BCUT2D eigenvalue weighted by atomic mass is 9.98. The number of hydroxylamine groups is 1. The molecule has 164 valence electrons. The summed E-state index contributed by atoms with van der Waals surface area (Å²) in [5.74, 6) is -0.940. The van der Waals surface area contributed by atoms with Gasteiger partial charge in [0.15, 0.2) is 14.6 Å². The average molecular weight is 482 g/mol. The van der Waals surface area contributed by atoms with Crippen molar-refractivity contribution in [3.05, 3.63) is 54.2 Å². The van der Waals surface area contributed by atoms with Crippen molar-refractivity contribution in [1.82, 2.24) is 15.4 Å². The second-order valence-corrected chi connectivity index (χ2v) is 10.0. The normalized spacial score (nSPS) is 15.6. The first-order valence-electron chi connectivity index (χ1n) is 9.21. The number of carbonyl (C=O) groups is 1. The molecule has 2 N–H and O–H groups in total. The van der Waals surface area contributed by atoms with Crippen LogP contribution in [-0.2, 0) is 19.4 Å². The van der Waals surface area contributed by atoms with E-state index < -0.39 is 20.5 Å². The average Bonchev–Trinajstić information content (AvgIpc) is 3.34. The molecular weight excluding hydrogens is 462 g/mol. The van der Waals surface area contributed by atoms with Gasteiger partial charge in [0.1, 0.15) is 0 Å². The highest BCUT2D eigenvalue weighted by atomic mass is 35.5. The summed E-state index contributed by atoms with van der Waals surface area (Å²) in [5.41, 5.74) is 3.59. The van der Waals surface area contributed by atoms with E-state index in [0.717, 1.165) is 10.6 Å². The molecule has 1 aromatic carbocycles. The Labute approximate surface area is 189 Å². The van der Waals surface area contributed by atoms with Crippen LogP contribution in [0, 0.1) is 0 Å². The first-order chi connectivity index (χ1) is 14.5. The maximum absolute atomic E-state index is 13.3. The van der Waals surface area contributed by atoms with Gasteiger partial charge in [0.05, 0.1) is 33.6 Å². The number of nitrogens with one attached hydrogen (secondary N) is 1. The molecule has 0 aliphatic carbocycles. The zero-order chi connectivity index (χ0) is 21.2. The third kappa shape index (κ3) is 4.21. The van der Waals surface area contributed by atoms with Crippen LogP contribution < -0.4 is 5.48 Å². The molecule has 0 unspecified atom stereocenters. The predicted octanol–water partition coefficient (Wildman–Crippen LogP) is 3.12. The number of sulfone groups is 1. The van der Waals surface area contributed by atoms with Crippen LogP contribution in [-0.4, -0.2) is 47.5 Å². The van der Waals surface area contributed by atoms with Gasteiger partial charge >= 0.3 is 0 Å². The molecule has 2 aromatic heterocycles. The van der Waals surface area contributed by atoms with Gasteiger partial charge in [-0.3, -0.25) is 20.0 Å². The topological polar surface area (TPSA) is 118 Å².